The van der Waals surface area contributed by atoms with Gasteiger partial charge in [0, 0.05) is 31.7 Å². The third kappa shape index (κ3) is 14.2. The number of amides is 6. The molecule has 0 saturated carbocycles. The van der Waals surface area contributed by atoms with Crippen LogP contribution < -0.4 is 38.5 Å². The third-order valence-electron chi connectivity index (χ3n) is 5.98. The Morgan fingerprint density at radius 2 is 1.12 bits per heavy atom. The van der Waals surface area contributed by atoms with Crippen LogP contribution in [0.4, 0.5) is 0 Å². The Labute approximate surface area is 243 Å². The molecule has 0 aliphatic carbocycles. The first-order chi connectivity index (χ1) is 19.7. The fraction of sp³-hybridized carbons (Fsp3) is 0.519. The predicted octanol–water partition coefficient (Wildman–Crippen LogP) is -2.07. The molecule has 0 bridgehead atoms. The highest BCUT2D eigenvalue weighted by molar-refractivity contribution is 5.95. The number of primary amides is 2. The lowest BCUT2D eigenvalue weighted by Gasteiger charge is -2.26. The number of nitrogens with two attached hydrogens (primary N) is 3. The average molecular weight is 592 g/mol. The summed E-state index contributed by atoms with van der Waals surface area (Å²) in [7, 11) is 0. The van der Waals surface area contributed by atoms with Crippen LogP contribution in [0.3, 0.4) is 0 Å². The topological polar surface area (TPSA) is 266 Å². The molecule has 0 aromatic heterocycles. The minimum atomic E-state index is -1.42. The Kier molecular flexibility index (Phi) is 15.2. The van der Waals surface area contributed by atoms with E-state index in [4.69, 9.17) is 17.2 Å². The molecule has 15 nitrogen and oxygen atoms in total. The molecule has 1 aromatic carbocycles. The molecule has 0 aliphatic rings. The maximum Gasteiger partial charge on any atom is 0.303 e. The highest BCUT2D eigenvalue weighted by Gasteiger charge is 2.31. The number of hydrogen-bond acceptors (Lipinski definition) is 8. The number of carboxylic acids is 1. The molecule has 0 radical (unpaired) electrons. The van der Waals surface area contributed by atoms with Crippen molar-refractivity contribution in [2.45, 2.75) is 89.0 Å². The normalized spacial score (nSPS) is 13.6. The zero-order valence-electron chi connectivity index (χ0n) is 23.8. The van der Waals surface area contributed by atoms with Crippen molar-refractivity contribution in [2.75, 3.05) is 0 Å². The van der Waals surface area contributed by atoms with E-state index in [-0.39, 0.29) is 44.6 Å². The van der Waals surface area contributed by atoms with Crippen LogP contribution in [-0.2, 0) is 40.0 Å². The molecule has 0 aliphatic heterocycles. The summed E-state index contributed by atoms with van der Waals surface area (Å²) >= 11 is 0. The van der Waals surface area contributed by atoms with Gasteiger partial charge >= 0.3 is 5.97 Å². The molecule has 4 atom stereocenters. The second kappa shape index (κ2) is 18.0. The molecule has 2 unspecified atom stereocenters. The quantitative estimate of drug-likeness (QED) is 0.0877. The van der Waals surface area contributed by atoms with Gasteiger partial charge in [-0.1, -0.05) is 30.3 Å². The lowest BCUT2D eigenvalue weighted by molar-refractivity contribution is -0.138. The number of carbonyl (C=O) groups excluding carboxylic acids is 6. The summed E-state index contributed by atoms with van der Waals surface area (Å²) in [5, 5.41) is 19.3. The van der Waals surface area contributed by atoms with Crippen molar-refractivity contribution in [3.63, 3.8) is 0 Å². The summed E-state index contributed by atoms with van der Waals surface area (Å²) < 4.78 is 0. The Morgan fingerprint density at radius 3 is 1.62 bits per heavy atom. The van der Waals surface area contributed by atoms with Gasteiger partial charge in [-0.05, 0) is 38.7 Å². The largest absolute Gasteiger partial charge is 0.481 e. The van der Waals surface area contributed by atoms with Gasteiger partial charge in [-0.15, -0.1) is 0 Å². The van der Waals surface area contributed by atoms with Crippen LogP contribution in [0.15, 0.2) is 30.3 Å². The second-order valence-corrected chi connectivity index (χ2v) is 10.1. The van der Waals surface area contributed by atoms with Crippen LogP contribution in [0.5, 0.6) is 0 Å². The number of rotatable bonds is 19. The zero-order valence-corrected chi connectivity index (χ0v) is 23.8. The molecule has 6 amide bonds. The summed E-state index contributed by atoms with van der Waals surface area (Å²) in [5.74, 6) is -5.73. The first-order valence-electron chi connectivity index (χ1n) is 13.5. The summed E-state index contributed by atoms with van der Waals surface area (Å²) in [5.41, 5.74) is 16.8. The Bertz CT molecular complexity index is 1110. The summed E-state index contributed by atoms with van der Waals surface area (Å²) in [4.78, 5) is 85.6. The maximum absolute atomic E-state index is 13.3. The van der Waals surface area contributed by atoms with E-state index in [1.165, 1.54) is 0 Å². The standard InChI is InChI=1S/C27H41N7O8/c1-15(2)31-27(42)20(14-16-6-4-3-5-7-16)34-26(41)19(10-13-23(37)38)33-25(40)18(9-12-22(30)36)32-24(39)17(28)8-11-21(29)35/h3-7,15,17-20H,8-14,28H2,1-2H3,(H2,29,35)(H2,30,36)(H,31,42)(H,32,39)(H,33,40)(H,34,41)(H,37,38)/t17-,18?,19-,20?/m0/s1. The van der Waals surface area contributed by atoms with Gasteiger partial charge in [-0.3, -0.25) is 33.6 Å². The monoisotopic (exact) mass is 591 g/mol. The van der Waals surface area contributed by atoms with E-state index in [9.17, 15) is 38.7 Å². The Morgan fingerprint density at radius 1 is 0.667 bits per heavy atom. The third-order valence-corrected chi connectivity index (χ3v) is 5.98. The number of benzene rings is 1. The van der Waals surface area contributed by atoms with E-state index in [1.54, 1.807) is 44.2 Å². The van der Waals surface area contributed by atoms with Gasteiger partial charge in [0.2, 0.25) is 35.4 Å². The molecule has 0 heterocycles. The number of aliphatic carboxylic acids is 1. The minimum absolute atomic E-state index is 0.101. The van der Waals surface area contributed by atoms with Crippen LogP contribution in [-0.4, -0.2) is 76.7 Å². The van der Waals surface area contributed by atoms with E-state index in [0.29, 0.717) is 0 Å². The molecule has 11 N–H and O–H groups in total. The molecule has 1 rings (SSSR count). The second-order valence-electron chi connectivity index (χ2n) is 10.1. The highest BCUT2D eigenvalue weighted by atomic mass is 16.4. The Balaban J connectivity index is 3.16. The van der Waals surface area contributed by atoms with Gasteiger partial charge in [-0.25, -0.2) is 0 Å². The van der Waals surface area contributed by atoms with Crippen LogP contribution in [0.1, 0.15) is 57.9 Å². The molecule has 0 fully saturated rings. The van der Waals surface area contributed by atoms with Crippen molar-refractivity contribution in [3.05, 3.63) is 35.9 Å². The van der Waals surface area contributed by atoms with Gasteiger partial charge in [-0.2, -0.15) is 0 Å². The molecule has 15 heteroatoms. The number of carboxylic acid groups (broad SMARTS) is 1. The molecule has 1 aromatic rings. The molecule has 0 saturated heterocycles. The van der Waals surface area contributed by atoms with Gasteiger partial charge in [0.15, 0.2) is 0 Å². The van der Waals surface area contributed by atoms with Gasteiger partial charge in [0.1, 0.15) is 18.1 Å². The van der Waals surface area contributed by atoms with Crippen molar-refractivity contribution < 1.29 is 38.7 Å². The molecular formula is C27H41N7O8. The minimum Gasteiger partial charge on any atom is -0.481 e. The van der Waals surface area contributed by atoms with Crippen LogP contribution >= 0.6 is 0 Å². The van der Waals surface area contributed by atoms with Crippen LogP contribution in [0.2, 0.25) is 0 Å². The molecule has 0 spiro atoms. The van der Waals surface area contributed by atoms with Gasteiger partial charge < -0.3 is 43.6 Å². The Hall–Kier alpha value is -4.53. The van der Waals surface area contributed by atoms with Crippen molar-refractivity contribution in [3.8, 4) is 0 Å². The molecular weight excluding hydrogens is 550 g/mol. The SMILES string of the molecule is CC(C)NC(=O)C(Cc1ccccc1)NC(=O)[C@H](CCC(=O)O)NC(=O)C(CCC(N)=O)NC(=O)[C@@H](N)CCC(N)=O. The fourth-order valence-electron chi connectivity index (χ4n) is 3.79. The van der Waals surface area contributed by atoms with Gasteiger partial charge in [0.25, 0.3) is 0 Å². The van der Waals surface area contributed by atoms with Crippen molar-refractivity contribution in [2.24, 2.45) is 17.2 Å². The van der Waals surface area contributed by atoms with Gasteiger partial charge in [0.05, 0.1) is 6.04 Å². The van der Waals surface area contributed by atoms with E-state index in [1.807, 2.05) is 0 Å². The predicted molar refractivity (Wildman–Crippen MR) is 151 cm³/mol. The van der Waals surface area contributed by atoms with E-state index in [2.05, 4.69) is 21.3 Å². The molecule has 42 heavy (non-hydrogen) atoms. The number of hydrogen-bond donors (Lipinski definition) is 8. The first kappa shape index (κ1) is 35.5. The molecule has 232 valence electrons. The summed E-state index contributed by atoms with van der Waals surface area (Å²) in [6, 6.07) is 3.57. The average Bonchev–Trinajstić information content (AvgIpc) is 2.91. The van der Waals surface area contributed by atoms with Crippen molar-refractivity contribution in [1.29, 1.82) is 0 Å². The summed E-state index contributed by atoms with van der Waals surface area (Å²) in [6.07, 6.45) is -1.58. The van der Waals surface area contributed by atoms with Crippen LogP contribution in [0.25, 0.3) is 0 Å². The maximum atomic E-state index is 13.3. The fourth-order valence-corrected chi connectivity index (χ4v) is 3.79. The van der Waals surface area contributed by atoms with Crippen molar-refractivity contribution in [1.82, 2.24) is 21.3 Å². The smallest absolute Gasteiger partial charge is 0.303 e. The number of nitrogens with one attached hydrogen (secondary N) is 4. The van der Waals surface area contributed by atoms with E-state index < -0.39 is 72.0 Å². The lowest BCUT2D eigenvalue weighted by atomic mass is 10.0. The first-order valence-corrected chi connectivity index (χ1v) is 13.5. The van der Waals surface area contributed by atoms with Crippen LogP contribution in [0, 0.1) is 0 Å². The summed E-state index contributed by atoms with van der Waals surface area (Å²) in [6.45, 7) is 3.49. The number of carbonyl (C=O) groups is 7. The van der Waals surface area contributed by atoms with Crippen molar-refractivity contribution >= 4 is 41.4 Å². The van der Waals surface area contributed by atoms with E-state index in [0.717, 1.165) is 5.56 Å². The lowest BCUT2D eigenvalue weighted by Crippen LogP contribution is -2.58. The highest BCUT2D eigenvalue weighted by Crippen LogP contribution is 2.08. The zero-order chi connectivity index (χ0) is 31.8. The van der Waals surface area contributed by atoms with E-state index >= 15 is 0 Å².